The molecule has 8 unspecified atom stereocenters. The van der Waals surface area contributed by atoms with E-state index < -0.39 is 11.5 Å². The van der Waals surface area contributed by atoms with Crippen molar-refractivity contribution in [3.8, 4) is 0 Å². The zero-order valence-electron chi connectivity index (χ0n) is 28.7. The van der Waals surface area contributed by atoms with Crippen molar-refractivity contribution in [2.45, 2.75) is 130 Å². The molecule has 1 amide bonds. The lowest BCUT2D eigenvalue weighted by molar-refractivity contribution is -0.135. The van der Waals surface area contributed by atoms with Crippen LogP contribution in [-0.2, 0) is 14.4 Å². The van der Waals surface area contributed by atoms with Crippen molar-refractivity contribution in [3.05, 3.63) is 48.0 Å². The van der Waals surface area contributed by atoms with Gasteiger partial charge in [-0.05, 0) is 92.4 Å². The molecule has 0 aliphatic heterocycles. The quantitative estimate of drug-likeness (QED) is 0.156. The molecule has 3 aliphatic rings. The van der Waals surface area contributed by atoms with E-state index in [4.69, 9.17) is 5.73 Å². The minimum Gasteiger partial charge on any atom is -0.412 e. The first kappa shape index (κ1) is 37.2. The van der Waals surface area contributed by atoms with E-state index in [1.54, 1.807) is 0 Å². The van der Waals surface area contributed by atoms with Crippen LogP contribution in [0, 0.1) is 46.8 Å². The highest BCUT2D eigenvalue weighted by atomic mass is 16.3. The molecule has 0 saturated heterocycles. The number of rotatable bonds is 15. The molecule has 0 bridgehead atoms. The Morgan fingerprint density at radius 1 is 1.04 bits per heavy atom. The Bertz CT molecular complexity index is 1170. The zero-order chi connectivity index (χ0) is 32.2. The van der Waals surface area contributed by atoms with Crippen molar-refractivity contribution in [2.24, 2.45) is 52.6 Å². The van der Waals surface area contributed by atoms with E-state index in [0.717, 1.165) is 38.5 Å². The maximum atomic E-state index is 14.7. The molecule has 252 valence electrons. The molecule has 1 aromatic rings. The van der Waals surface area contributed by atoms with Crippen molar-refractivity contribution in [2.75, 3.05) is 0 Å². The summed E-state index contributed by atoms with van der Waals surface area (Å²) in [5.41, 5.74) is 6.20. The molecule has 3 saturated carbocycles. The number of amides is 1. The number of nitrogens with two attached hydrogens (primary N) is 1. The number of Topliss-reactive ketones (excluding diaryl/α,β-unsaturated/α-hetero) is 2. The van der Waals surface area contributed by atoms with Crippen LogP contribution in [0.1, 0.15) is 130 Å². The average molecular weight is 624 g/mol. The third-order valence-electron chi connectivity index (χ3n) is 12.0. The van der Waals surface area contributed by atoms with E-state index in [0.29, 0.717) is 37.2 Å². The van der Waals surface area contributed by atoms with Crippen molar-refractivity contribution in [1.82, 2.24) is 0 Å². The van der Waals surface area contributed by atoms with Gasteiger partial charge in [0.2, 0.25) is 5.91 Å². The number of aliphatic hydroxyl groups is 1. The standard InChI is InChI=1S/C39H59NO4.H2O/c1-7-15-29(26(3)37(40)43)22-34(41)31-20-30(21-33-35(31)38(33,4)5)36(42)32(28-18-11-8-9-12-19-28)24-39(6,44)23-25(2)27-16-13-10-14-17-27;/h10,13-14,16-17,25,28-33,35,44H,3,7-9,11-12,15,18-24H2,1-2,4-6H3,(H2,40,43);1H2. The third kappa shape index (κ3) is 8.94. The monoisotopic (exact) mass is 623 g/mol. The summed E-state index contributed by atoms with van der Waals surface area (Å²) in [6, 6.07) is 10.3. The second-order valence-corrected chi connectivity index (χ2v) is 15.8. The minimum absolute atomic E-state index is 0. The molecule has 0 spiro atoms. The van der Waals surface area contributed by atoms with Crippen LogP contribution in [-0.4, -0.2) is 33.7 Å². The van der Waals surface area contributed by atoms with E-state index in [9.17, 15) is 19.5 Å². The van der Waals surface area contributed by atoms with Gasteiger partial charge in [-0.15, -0.1) is 0 Å². The number of hydrogen-bond donors (Lipinski definition) is 2. The number of fused-ring (bicyclic) bond motifs is 1. The Morgan fingerprint density at radius 3 is 2.24 bits per heavy atom. The van der Waals surface area contributed by atoms with Gasteiger partial charge in [-0.1, -0.05) is 96.7 Å². The van der Waals surface area contributed by atoms with Crippen LogP contribution in [0.2, 0.25) is 0 Å². The summed E-state index contributed by atoms with van der Waals surface area (Å²) in [5, 5.41) is 11.8. The van der Waals surface area contributed by atoms with Gasteiger partial charge >= 0.3 is 0 Å². The maximum Gasteiger partial charge on any atom is 0.244 e. The lowest BCUT2D eigenvalue weighted by atomic mass is 9.68. The van der Waals surface area contributed by atoms with Crippen LogP contribution in [0.5, 0.6) is 0 Å². The molecule has 0 radical (unpaired) electrons. The smallest absolute Gasteiger partial charge is 0.244 e. The fourth-order valence-electron chi connectivity index (χ4n) is 9.43. The van der Waals surface area contributed by atoms with Crippen LogP contribution in [0.25, 0.3) is 0 Å². The van der Waals surface area contributed by atoms with E-state index >= 15 is 0 Å². The fraction of sp³-hybridized carbons (Fsp3) is 0.718. The highest BCUT2D eigenvalue weighted by Gasteiger charge is 2.65. The van der Waals surface area contributed by atoms with Crippen LogP contribution in [0.3, 0.4) is 0 Å². The average Bonchev–Trinajstić information content (AvgIpc) is 3.65. The second kappa shape index (κ2) is 15.5. The summed E-state index contributed by atoms with van der Waals surface area (Å²) in [6.07, 6.45) is 11.2. The van der Waals surface area contributed by atoms with Gasteiger partial charge < -0.3 is 16.3 Å². The first-order valence-electron chi connectivity index (χ1n) is 17.6. The molecule has 45 heavy (non-hydrogen) atoms. The van der Waals surface area contributed by atoms with Crippen LogP contribution >= 0.6 is 0 Å². The Hall–Kier alpha value is -2.31. The fourth-order valence-corrected chi connectivity index (χ4v) is 9.43. The lowest BCUT2D eigenvalue weighted by Gasteiger charge is -2.37. The molecule has 8 atom stereocenters. The summed E-state index contributed by atoms with van der Waals surface area (Å²) in [5.74, 6) is 0.284. The molecule has 4 rings (SSSR count). The van der Waals surface area contributed by atoms with Gasteiger partial charge in [-0.2, -0.15) is 0 Å². The SMILES string of the molecule is C=C(C(N)=O)C(CCC)CC(=O)C1CC(C(=O)C(CC(C)(O)CC(C)c2ccccc2)C2CCCCCC2)CC2C1C2(C)C.O. The second-order valence-electron chi connectivity index (χ2n) is 15.8. The van der Waals surface area contributed by atoms with Crippen LogP contribution in [0.4, 0.5) is 0 Å². The Morgan fingerprint density at radius 2 is 1.67 bits per heavy atom. The Balaban J connectivity index is 0.00000552. The first-order chi connectivity index (χ1) is 20.8. The van der Waals surface area contributed by atoms with Gasteiger partial charge in [0, 0.05) is 29.7 Å². The number of ketones is 2. The molecule has 0 heterocycles. The topological polar surface area (TPSA) is 129 Å². The Kier molecular flexibility index (Phi) is 12.8. The number of carbonyl (C=O) groups excluding carboxylic acids is 3. The molecule has 3 fully saturated rings. The van der Waals surface area contributed by atoms with Crippen LogP contribution < -0.4 is 5.73 Å². The molecule has 3 aliphatic carbocycles. The molecular formula is C39H61NO5. The number of hydrogen-bond acceptors (Lipinski definition) is 4. The highest BCUT2D eigenvalue weighted by molar-refractivity contribution is 5.93. The lowest BCUT2D eigenvalue weighted by Crippen LogP contribution is -2.40. The largest absolute Gasteiger partial charge is 0.412 e. The summed E-state index contributed by atoms with van der Waals surface area (Å²) in [4.78, 5) is 40.6. The van der Waals surface area contributed by atoms with Crippen molar-refractivity contribution in [3.63, 3.8) is 0 Å². The highest BCUT2D eigenvalue weighted by Crippen LogP contribution is 2.68. The normalized spacial score (nSPS) is 27.8. The summed E-state index contributed by atoms with van der Waals surface area (Å²) in [6.45, 7) is 14.6. The van der Waals surface area contributed by atoms with Crippen molar-refractivity contribution in [1.29, 1.82) is 0 Å². The van der Waals surface area contributed by atoms with Gasteiger partial charge in [-0.3, -0.25) is 14.4 Å². The summed E-state index contributed by atoms with van der Waals surface area (Å²) >= 11 is 0. The predicted octanol–water partition coefficient (Wildman–Crippen LogP) is 7.37. The number of benzene rings is 1. The van der Waals surface area contributed by atoms with Gasteiger partial charge in [0.05, 0.1) is 5.60 Å². The predicted molar refractivity (Wildman–Crippen MR) is 181 cm³/mol. The summed E-state index contributed by atoms with van der Waals surface area (Å²) < 4.78 is 0. The Labute approximate surface area is 272 Å². The van der Waals surface area contributed by atoms with Gasteiger partial charge in [0.25, 0.3) is 0 Å². The number of carbonyl (C=O) groups is 3. The minimum atomic E-state index is -0.963. The van der Waals surface area contributed by atoms with E-state index in [-0.39, 0.29) is 70.3 Å². The van der Waals surface area contributed by atoms with Crippen molar-refractivity contribution >= 4 is 17.5 Å². The van der Waals surface area contributed by atoms with Crippen LogP contribution in [0.15, 0.2) is 42.5 Å². The van der Waals surface area contributed by atoms with E-state index in [1.807, 2.05) is 32.0 Å². The molecular weight excluding hydrogens is 562 g/mol. The zero-order valence-corrected chi connectivity index (χ0v) is 28.7. The van der Waals surface area contributed by atoms with E-state index in [1.165, 1.54) is 18.4 Å². The summed E-state index contributed by atoms with van der Waals surface area (Å²) in [7, 11) is 0. The number of primary amides is 1. The van der Waals surface area contributed by atoms with Gasteiger partial charge in [0.15, 0.2) is 0 Å². The molecule has 5 N–H and O–H groups in total. The third-order valence-corrected chi connectivity index (χ3v) is 12.0. The van der Waals surface area contributed by atoms with Gasteiger partial charge in [0.1, 0.15) is 11.6 Å². The maximum absolute atomic E-state index is 14.7. The van der Waals surface area contributed by atoms with Gasteiger partial charge in [-0.25, -0.2) is 0 Å². The van der Waals surface area contributed by atoms with Crippen molar-refractivity contribution < 1.29 is 25.0 Å². The molecule has 0 aromatic heterocycles. The first-order valence-corrected chi connectivity index (χ1v) is 17.6. The molecule has 1 aromatic carbocycles. The molecule has 6 nitrogen and oxygen atoms in total. The van der Waals surface area contributed by atoms with E-state index in [2.05, 4.69) is 39.5 Å². The molecule has 6 heteroatoms.